The first-order chi connectivity index (χ1) is 14.4. The van der Waals surface area contributed by atoms with Crippen molar-refractivity contribution in [3.05, 3.63) is 41.7 Å². The number of aliphatic imine (C=N–C) groups is 2. The van der Waals surface area contributed by atoms with Gasteiger partial charge in [-0.3, -0.25) is 9.67 Å². The summed E-state index contributed by atoms with van der Waals surface area (Å²) in [6, 6.07) is 5.67. The van der Waals surface area contributed by atoms with Crippen LogP contribution in [0.1, 0.15) is 36.7 Å². The Hall–Kier alpha value is -3.33. The number of hydrogen-bond acceptors (Lipinski definition) is 6. The zero-order valence-corrected chi connectivity index (χ0v) is 17.7. The second kappa shape index (κ2) is 9.45. The lowest BCUT2D eigenvalue weighted by Crippen LogP contribution is -2.27. The van der Waals surface area contributed by atoms with Gasteiger partial charge >= 0.3 is 0 Å². The van der Waals surface area contributed by atoms with E-state index in [9.17, 15) is 0 Å². The summed E-state index contributed by atoms with van der Waals surface area (Å²) in [5.41, 5.74) is 10.7. The zero-order valence-electron chi connectivity index (χ0n) is 17.7. The highest BCUT2D eigenvalue weighted by Crippen LogP contribution is 2.34. The number of guanidine groups is 1. The van der Waals surface area contributed by atoms with Gasteiger partial charge in [0.15, 0.2) is 5.96 Å². The molecule has 2 aromatic rings. The number of fused-ring (bicyclic) bond motifs is 1. The van der Waals surface area contributed by atoms with Crippen molar-refractivity contribution >= 4 is 28.9 Å². The van der Waals surface area contributed by atoms with Gasteiger partial charge in [-0.05, 0) is 38.0 Å². The molecule has 0 radical (unpaired) electrons. The number of nitrogens with one attached hydrogen (secondary N) is 2. The predicted molar refractivity (Wildman–Crippen MR) is 120 cm³/mol. The van der Waals surface area contributed by atoms with Crippen LogP contribution in [0, 0.1) is 6.92 Å². The molecule has 1 aromatic carbocycles. The minimum Gasteiger partial charge on any atom is -0.493 e. The molecule has 3 rings (SSSR count). The molecule has 5 N–H and O–H groups in total. The number of aromatic nitrogens is 2. The van der Waals surface area contributed by atoms with Crippen LogP contribution in [0.4, 0.5) is 11.4 Å². The van der Waals surface area contributed by atoms with Crippen LogP contribution in [0.25, 0.3) is 5.70 Å². The van der Waals surface area contributed by atoms with Crippen molar-refractivity contribution in [2.45, 2.75) is 26.7 Å². The van der Waals surface area contributed by atoms with Crippen molar-refractivity contribution in [3.63, 3.8) is 0 Å². The minimum atomic E-state index is 0.0789. The fourth-order valence-corrected chi connectivity index (χ4v) is 3.18. The van der Waals surface area contributed by atoms with Crippen LogP contribution in [0.15, 0.2) is 34.8 Å². The summed E-state index contributed by atoms with van der Waals surface area (Å²) in [6.45, 7) is 9.25. The number of ether oxygens (including phenoxy) is 1. The zero-order chi connectivity index (χ0) is 21.7. The normalized spacial score (nSPS) is 13.5. The van der Waals surface area contributed by atoms with Crippen molar-refractivity contribution in [3.8, 4) is 5.75 Å². The van der Waals surface area contributed by atoms with Crippen molar-refractivity contribution in [2.24, 2.45) is 22.8 Å². The third-order valence-electron chi connectivity index (χ3n) is 4.54. The van der Waals surface area contributed by atoms with Gasteiger partial charge in [0, 0.05) is 25.9 Å². The molecule has 1 aromatic heterocycles. The first-order valence-corrected chi connectivity index (χ1v) is 9.98. The monoisotopic (exact) mass is 411 g/mol. The van der Waals surface area contributed by atoms with Crippen molar-refractivity contribution < 1.29 is 9.84 Å². The van der Waals surface area contributed by atoms with Crippen LogP contribution in [-0.2, 0) is 7.05 Å². The fraction of sp³-hybridized carbons (Fsp3) is 0.381. The van der Waals surface area contributed by atoms with Crippen LogP contribution in [0.3, 0.4) is 0 Å². The van der Waals surface area contributed by atoms with Crippen LogP contribution in [0.5, 0.6) is 5.75 Å². The number of anilines is 1. The van der Waals surface area contributed by atoms with Crippen molar-refractivity contribution in [1.82, 2.24) is 15.1 Å². The molecule has 0 aliphatic carbocycles. The summed E-state index contributed by atoms with van der Waals surface area (Å²) in [7, 11) is 1.87. The van der Waals surface area contributed by atoms with Crippen molar-refractivity contribution in [1.29, 1.82) is 0 Å². The van der Waals surface area contributed by atoms with E-state index < -0.39 is 0 Å². The Bertz CT molecular complexity index is 991. The molecule has 30 heavy (non-hydrogen) atoms. The first kappa shape index (κ1) is 21.4. The lowest BCUT2D eigenvalue weighted by molar-refractivity contribution is 0.291. The molecular weight excluding hydrogens is 382 g/mol. The molecule has 0 saturated carbocycles. The second-order valence-corrected chi connectivity index (χ2v) is 7.00. The van der Waals surface area contributed by atoms with Crippen LogP contribution < -0.4 is 21.1 Å². The Kier molecular flexibility index (Phi) is 6.73. The van der Waals surface area contributed by atoms with Gasteiger partial charge < -0.3 is 26.2 Å². The number of amidine groups is 1. The number of nitrogens with two attached hydrogens (primary N) is 1. The number of aliphatic hydroxyl groups is 1. The highest BCUT2D eigenvalue weighted by atomic mass is 16.5. The molecule has 1 aliphatic rings. The molecular formula is C21H29N7O2. The quantitative estimate of drug-likeness (QED) is 0.300. The lowest BCUT2D eigenvalue weighted by Gasteiger charge is -2.21. The molecule has 160 valence electrons. The lowest BCUT2D eigenvalue weighted by atomic mass is 10.1. The fourth-order valence-electron chi connectivity index (χ4n) is 3.18. The Labute approximate surface area is 176 Å². The summed E-state index contributed by atoms with van der Waals surface area (Å²) in [5.74, 6) is 1.63. The maximum atomic E-state index is 8.89. The molecule has 1 aliphatic heterocycles. The van der Waals surface area contributed by atoms with Crippen molar-refractivity contribution in [2.75, 3.05) is 25.1 Å². The van der Waals surface area contributed by atoms with E-state index in [0.29, 0.717) is 31.2 Å². The van der Waals surface area contributed by atoms with E-state index >= 15 is 0 Å². The third kappa shape index (κ3) is 4.62. The third-order valence-corrected chi connectivity index (χ3v) is 4.54. The average molecular weight is 412 g/mol. The van der Waals surface area contributed by atoms with E-state index in [1.165, 1.54) is 0 Å². The van der Waals surface area contributed by atoms with Gasteiger partial charge in [0.05, 0.1) is 23.6 Å². The topological polar surface area (TPSA) is 122 Å². The van der Waals surface area contributed by atoms with Gasteiger partial charge in [-0.2, -0.15) is 5.10 Å². The Morgan fingerprint density at radius 1 is 1.43 bits per heavy atom. The Balaban J connectivity index is 1.98. The Morgan fingerprint density at radius 3 is 2.97 bits per heavy atom. The summed E-state index contributed by atoms with van der Waals surface area (Å²) >= 11 is 0. The van der Waals surface area contributed by atoms with Crippen LogP contribution in [0.2, 0.25) is 0 Å². The molecule has 0 atom stereocenters. The molecule has 0 amide bonds. The molecule has 0 bridgehead atoms. The van der Waals surface area contributed by atoms with E-state index in [2.05, 4.69) is 34.2 Å². The molecule has 0 fully saturated rings. The van der Waals surface area contributed by atoms with Gasteiger partial charge in [0.2, 0.25) is 0 Å². The molecule has 9 heteroatoms. The van der Waals surface area contributed by atoms with Gasteiger partial charge in [0.25, 0.3) is 0 Å². The number of rotatable bonds is 8. The number of nitrogens with zero attached hydrogens (tertiary/aromatic N) is 4. The highest BCUT2D eigenvalue weighted by Gasteiger charge is 2.24. The van der Waals surface area contributed by atoms with E-state index in [-0.39, 0.29) is 12.6 Å². The molecule has 2 heterocycles. The minimum absolute atomic E-state index is 0.0789. The smallest absolute Gasteiger partial charge is 0.193 e. The van der Waals surface area contributed by atoms with Crippen LogP contribution >= 0.6 is 0 Å². The summed E-state index contributed by atoms with van der Waals surface area (Å²) in [5, 5.41) is 19.7. The standard InChI is InChI=1S/C21H29N7O2/c1-5-11-30-17-8-7-15(25-21(22)23-9-6-10-29)12-16(17)20-24-14(3)19-18(26-20)13(2)27-28(19)4/h7-8,12,29H,3,5-6,9-11H2,1-2,4H3,(H,24,26)(H3,22,23,25). The number of aryl methyl sites for hydroxylation is 2. The summed E-state index contributed by atoms with van der Waals surface area (Å²) in [4.78, 5) is 9.00. The second-order valence-electron chi connectivity index (χ2n) is 7.00. The summed E-state index contributed by atoms with van der Waals surface area (Å²) < 4.78 is 7.72. The molecule has 0 spiro atoms. The van der Waals surface area contributed by atoms with Gasteiger partial charge in [-0.25, -0.2) is 4.99 Å². The molecule has 0 saturated heterocycles. The van der Waals surface area contributed by atoms with Gasteiger partial charge in [0.1, 0.15) is 23.0 Å². The summed E-state index contributed by atoms with van der Waals surface area (Å²) in [6.07, 6.45) is 1.45. The van der Waals surface area contributed by atoms with E-state index in [1.54, 1.807) is 4.68 Å². The number of hydrogen-bond donors (Lipinski definition) is 4. The molecule has 9 nitrogen and oxygen atoms in total. The number of aliphatic hydroxyl groups excluding tert-OH is 1. The largest absolute Gasteiger partial charge is 0.493 e. The maximum absolute atomic E-state index is 8.89. The SMILES string of the molecule is C=C1NC(c2cc(NC(N)=NCCCO)ccc2OCCC)=Nc2c(C)nn(C)c21. The maximum Gasteiger partial charge on any atom is 0.193 e. The highest BCUT2D eigenvalue weighted by molar-refractivity contribution is 6.10. The van der Waals surface area contributed by atoms with E-state index in [4.69, 9.17) is 20.6 Å². The van der Waals surface area contributed by atoms with Gasteiger partial charge in [-0.1, -0.05) is 13.5 Å². The average Bonchev–Trinajstić information content (AvgIpc) is 3.01. The van der Waals surface area contributed by atoms with Crippen LogP contribution in [-0.4, -0.2) is 46.4 Å². The Morgan fingerprint density at radius 2 is 2.23 bits per heavy atom. The van der Waals surface area contributed by atoms with E-state index in [1.807, 2.05) is 32.2 Å². The predicted octanol–water partition coefficient (Wildman–Crippen LogP) is 2.28. The van der Waals surface area contributed by atoms with E-state index in [0.717, 1.165) is 40.4 Å². The van der Waals surface area contributed by atoms with Gasteiger partial charge in [-0.15, -0.1) is 0 Å². The first-order valence-electron chi connectivity index (χ1n) is 9.98. The molecule has 0 unspecified atom stereocenters. The number of benzene rings is 1.